The van der Waals surface area contributed by atoms with Crippen molar-refractivity contribution >= 4 is 17.7 Å². The van der Waals surface area contributed by atoms with Gasteiger partial charge >= 0.3 is 6.18 Å². The number of nitrogens with one attached hydrogen (secondary N) is 1. The van der Waals surface area contributed by atoms with Crippen LogP contribution in [0.2, 0.25) is 0 Å². The van der Waals surface area contributed by atoms with Gasteiger partial charge in [-0.3, -0.25) is 9.36 Å². The Kier molecular flexibility index (Phi) is 7.11. The number of hydrogen-bond acceptors (Lipinski definition) is 4. The maximum atomic E-state index is 13.3. The topological polar surface area (TPSA) is 64.7 Å². The SMILES string of the molecule is Cn1cccc1Cc1nnc(SCC(=O)NC2CCCCC2)n1-c1cccc(C(F)(F)F)c1. The highest BCUT2D eigenvalue weighted by molar-refractivity contribution is 7.99. The van der Waals surface area contributed by atoms with E-state index < -0.39 is 11.7 Å². The van der Waals surface area contributed by atoms with Crippen molar-refractivity contribution in [2.45, 2.75) is 55.9 Å². The fourth-order valence-electron chi connectivity index (χ4n) is 4.08. The lowest BCUT2D eigenvalue weighted by Gasteiger charge is -2.22. The van der Waals surface area contributed by atoms with Crippen LogP contribution in [0.5, 0.6) is 0 Å². The lowest BCUT2D eigenvalue weighted by molar-refractivity contribution is -0.137. The van der Waals surface area contributed by atoms with E-state index in [-0.39, 0.29) is 17.7 Å². The smallest absolute Gasteiger partial charge is 0.354 e. The molecule has 1 fully saturated rings. The Bertz CT molecular complexity index is 1100. The van der Waals surface area contributed by atoms with Gasteiger partial charge in [0.15, 0.2) is 5.16 Å². The summed E-state index contributed by atoms with van der Waals surface area (Å²) in [6.07, 6.45) is 3.22. The average Bonchev–Trinajstić information content (AvgIpc) is 3.38. The van der Waals surface area contributed by atoms with Gasteiger partial charge in [0.05, 0.1) is 17.0 Å². The van der Waals surface area contributed by atoms with Gasteiger partial charge in [0.2, 0.25) is 5.91 Å². The van der Waals surface area contributed by atoms with E-state index in [9.17, 15) is 18.0 Å². The quantitative estimate of drug-likeness (QED) is 0.499. The molecular formula is C23H26F3N5OS. The Hall–Kier alpha value is -2.75. The van der Waals surface area contributed by atoms with E-state index in [1.165, 1.54) is 24.2 Å². The average molecular weight is 478 g/mol. The second-order valence-corrected chi connectivity index (χ2v) is 9.20. The molecule has 1 aliphatic rings. The fourth-order valence-corrected chi connectivity index (χ4v) is 4.86. The third-order valence-electron chi connectivity index (χ3n) is 5.83. The first-order chi connectivity index (χ1) is 15.8. The van der Waals surface area contributed by atoms with Crippen LogP contribution in [0.15, 0.2) is 47.8 Å². The van der Waals surface area contributed by atoms with Crippen LogP contribution < -0.4 is 5.32 Å². The summed E-state index contributed by atoms with van der Waals surface area (Å²) in [6.45, 7) is 0. The van der Waals surface area contributed by atoms with Crippen LogP contribution in [0.1, 0.15) is 49.2 Å². The molecule has 2 heterocycles. The van der Waals surface area contributed by atoms with Crippen LogP contribution in [0, 0.1) is 0 Å². The first-order valence-corrected chi connectivity index (χ1v) is 11.9. The molecule has 10 heteroatoms. The highest BCUT2D eigenvalue weighted by Gasteiger charge is 2.31. The maximum Gasteiger partial charge on any atom is 0.416 e. The number of alkyl halides is 3. The minimum atomic E-state index is -4.46. The summed E-state index contributed by atoms with van der Waals surface area (Å²) in [6, 6.07) is 9.11. The summed E-state index contributed by atoms with van der Waals surface area (Å²) in [7, 11) is 1.89. The Morgan fingerprint density at radius 3 is 2.64 bits per heavy atom. The van der Waals surface area contributed by atoms with Crippen molar-refractivity contribution in [2.24, 2.45) is 7.05 Å². The van der Waals surface area contributed by atoms with Gasteiger partial charge in [-0.05, 0) is 43.2 Å². The standard InChI is InChI=1S/C23H26F3N5OS/c1-30-12-6-11-18(30)14-20-28-29-22(33-15-21(32)27-17-8-3-2-4-9-17)31(20)19-10-5-7-16(13-19)23(24,25)26/h5-7,10-13,17H,2-4,8-9,14-15H2,1H3,(H,27,32). The molecule has 0 aliphatic heterocycles. The van der Waals surface area contributed by atoms with Gasteiger partial charge in [-0.25, -0.2) is 0 Å². The molecule has 176 valence electrons. The van der Waals surface area contributed by atoms with Gasteiger partial charge in [-0.2, -0.15) is 13.2 Å². The number of hydrogen-bond donors (Lipinski definition) is 1. The molecule has 0 spiro atoms. The van der Waals surface area contributed by atoms with Crippen molar-refractivity contribution in [3.05, 3.63) is 59.7 Å². The number of carbonyl (C=O) groups excluding carboxylic acids is 1. The highest BCUT2D eigenvalue weighted by atomic mass is 32.2. The zero-order valence-electron chi connectivity index (χ0n) is 18.3. The van der Waals surface area contributed by atoms with Crippen LogP contribution in [-0.4, -0.2) is 37.0 Å². The molecule has 4 rings (SSSR count). The van der Waals surface area contributed by atoms with Crippen LogP contribution in [0.25, 0.3) is 5.69 Å². The highest BCUT2D eigenvalue weighted by Crippen LogP contribution is 2.32. The van der Waals surface area contributed by atoms with Gasteiger partial charge in [-0.1, -0.05) is 37.1 Å². The number of rotatable bonds is 7. The molecular weight excluding hydrogens is 451 g/mol. The van der Waals surface area contributed by atoms with Gasteiger partial charge in [0.25, 0.3) is 0 Å². The van der Waals surface area contributed by atoms with E-state index in [4.69, 9.17) is 0 Å². The molecule has 3 aromatic rings. The van der Waals surface area contributed by atoms with Crippen molar-refractivity contribution in [1.82, 2.24) is 24.6 Å². The summed E-state index contributed by atoms with van der Waals surface area (Å²) in [4.78, 5) is 12.5. The van der Waals surface area contributed by atoms with E-state index in [1.807, 2.05) is 29.9 Å². The Morgan fingerprint density at radius 2 is 1.94 bits per heavy atom. The summed E-state index contributed by atoms with van der Waals surface area (Å²) >= 11 is 1.18. The lowest BCUT2D eigenvalue weighted by Crippen LogP contribution is -2.37. The Morgan fingerprint density at radius 1 is 1.15 bits per heavy atom. The van der Waals surface area contributed by atoms with Crippen molar-refractivity contribution in [3.63, 3.8) is 0 Å². The van der Waals surface area contributed by atoms with E-state index in [0.29, 0.717) is 23.1 Å². The molecule has 6 nitrogen and oxygen atoms in total. The van der Waals surface area contributed by atoms with Crippen LogP contribution in [0.3, 0.4) is 0 Å². The van der Waals surface area contributed by atoms with E-state index in [2.05, 4.69) is 15.5 Å². The minimum Gasteiger partial charge on any atom is -0.354 e. The lowest BCUT2D eigenvalue weighted by atomic mass is 9.95. The van der Waals surface area contributed by atoms with E-state index >= 15 is 0 Å². The van der Waals surface area contributed by atoms with Crippen LogP contribution in [0.4, 0.5) is 13.2 Å². The Balaban J connectivity index is 1.59. The minimum absolute atomic E-state index is 0.102. The third-order valence-corrected chi connectivity index (χ3v) is 6.75. The van der Waals surface area contributed by atoms with E-state index in [1.54, 1.807) is 10.6 Å². The van der Waals surface area contributed by atoms with Crippen molar-refractivity contribution < 1.29 is 18.0 Å². The van der Waals surface area contributed by atoms with Crippen LogP contribution >= 0.6 is 11.8 Å². The number of aromatic nitrogens is 4. The normalized spacial score (nSPS) is 15.0. The molecule has 1 aromatic carbocycles. The monoisotopic (exact) mass is 477 g/mol. The maximum absolute atomic E-state index is 13.3. The zero-order chi connectivity index (χ0) is 23.4. The second kappa shape index (κ2) is 10.0. The molecule has 1 N–H and O–H groups in total. The number of amides is 1. The summed E-state index contributed by atoms with van der Waals surface area (Å²) in [5.41, 5.74) is 0.515. The number of benzene rings is 1. The zero-order valence-corrected chi connectivity index (χ0v) is 19.1. The Labute approximate surface area is 194 Å². The number of carbonyl (C=O) groups is 1. The molecule has 1 aliphatic carbocycles. The van der Waals surface area contributed by atoms with E-state index in [0.717, 1.165) is 43.5 Å². The third kappa shape index (κ3) is 5.79. The van der Waals surface area contributed by atoms with Gasteiger partial charge in [-0.15, -0.1) is 10.2 Å². The first kappa shape index (κ1) is 23.4. The molecule has 0 unspecified atom stereocenters. The van der Waals surface area contributed by atoms with Crippen molar-refractivity contribution in [1.29, 1.82) is 0 Å². The molecule has 33 heavy (non-hydrogen) atoms. The van der Waals surface area contributed by atoms with Gasteiger partial charge in [0.1, 0.15) is 5.82 Å². The largest absolute Gasteiger partial charge is 0.416 e. The molecule has 0 saturated heterocycles. The number of halogens is 3. The molecule has 1 saturated carbocycles. The molecule has 0 radical (unpaired) electrons. The first-order valence-electron chi connectivity index (χ1n) is 11.0. The predicted molar refractivity (Wildman–Crippen MR) is 120 cm³/mol. The number of aryl methyl sites for hydroxylation is 1. The molecule has 1 amide bonds. The van der Waals surface area contributed by atoms with Crippen molar-refractivity contribution in [2.75, 3.05) is 5.75 Å². The number of thioether (sulfide) groups is 1. The summed E-state index contributed by atoms with van der Waals surface area (Å²) < 4.78 is 43.6. The molecule has 0 atom stereocenters. The number of nitrogens with zero attached hydrogens (tertiary/aromatic N) is 4. The molecule has 0 bridgehead atoms. The summed E-state index contributed by atoms with van der Waals surface area (Å²) in [5, 5.41) is 11.9. The van der Waals surface area contributed by atoms with Gasteiger partial charge in [0, 0.05) is 31.4 Å². The molecule has 2 aromatic heterocycles. The van der Waals surface area contributed by atoms with Crippen LogP contribution in [-0.2, 0) is 24.4 Å². The predicted octanol–water partition coefficient (Wildman–Crippen LogP) is 4.76. The fraction of sp³-hybridized carbons (Fsp3) is 0.435. The summed E-state index contributed by atoms with van der Waals surface area (Å²) in [5.74, 6) is 0.526. The van der Waals surface area contributed by atoms with Crippen molar-refractivity contribution in [3.8, 4) is 5.69 Å². The van der Waals surface area contributed by atoms with Gasteiger partial charge < -0.3 is 9.88 Å². The second-order valence-electron chi connectivity index (χ2n) is 8.26.